The minimum atomic E-state index is -0.338. The Morgan fingerprint density at radius 3 is 2.94 bits per heavy atom. The molecule has 1 saturated heterocycles. The van der Waals surface area contributed by atoms with Gasteiger partial charge < -0.3 is 5.32 Å². The summed E-state index contributed by atoms with van der Waals surface area (Å²) < 4.78 is 0. The van der Waals surface area contributed by atoms with Crippen LogP contribution in [0.4, 0.5) is 0 Å². The molecule has 0 aliphatic carbocycles. The lowest BCUT2D eigenvalue weighted by molar-refractivity contribution is -0.138. The third-order valence-corrected chi connectivity index (χ3v) is 3.54. The van der Waals surface area contributed by atoms with E-state index >= 15 is 0 Å². The van der Waals surface area contributed by atoms with Gasteiger partial charge in [0.05, 0.1) is 12.5 Å². The highest BCUT2D eigenvalue weighted by Gasteiger charge is 2.36. The lowest BCUT2D eigenvalue weighted by Gasteiger charge is -2.12. The molecule has 1 aromatic heterocycles. The van der Waals surface area contributed by atoms with Crippen LogP contribution in [0, 0.1) is 0 Å². The maximum absolute atomic E-state index is 11.8. The first-order valence-corrected chi connectivity index (χ1v) is 6.20. The number of nitrogens with one attached hydrogen (secondary N) is 1. The SMILES string of the molecule is CCN1C(=O)CC(NCc2cccs2)C1=O. The molecular weight excluding hydrogens is 224 g/mol. The molecule has 1 atom stereocenters. The highest BCUT2D eigenvalue weighted by Crippen LogP contribution is 2.14. The Kier molecular flexibility index (Phi) is 3.36. The topological polar surface area (TPSA) is 49.4 Å². The number of imide groups is 1. The Bertz CT molecular complexity index is 389. The zero-order valence-electron chi connectivity index (χ0n) is 9.10. The van der Waals surface area contributed by atoms with E-state index in [1.807, 2.05) is 24.4 Å². The molecule has 0 bridgehead atoms. The molecular formula is C11H14N2O2S. The first kappa shape index (κ1) is 11.3. The Morgan fingerprint density at radius 1 is 1.56 bits per heavy atom. The molecule has 1 unspecified atom stereocenters. The minimum Gasteiger partial charge on any atom is -0.300 e. The average Bonchev–Trinajstić information content (AvgIpc) is 2.85. The minimum absolute atomic E-state index is 0.0730. The number of likely N-dealkylation sites (N-methyl/N-ethyl adjacent to an activating group) is 1. The van der Waals surface area contributed by atoms with Crippen molar-refractivity contribution in [1.82, 2.24) is 10.2 Å². The first-order chi connectivity index (χ1) is 7.72. The number of thiophene rings is 1. The van der Waals surface area contributed by atoms with Gasteiger partial charge in [0.15, 0.2) is 0 Å². The normalized spacial score (nSPS) is 20.8. The summed E-state index contributed by atoms with van der Waals surface area (Å²) in [6.07, 6.45) is 0.290. The van der Waals surface area contributed by atoms with E-state index < -0.39 is 0 Å². The molecule has 0 radical (unpaired) electrons. The molecule has 1 aliphatic heterocycles. The van der Waals surface area contributed by atoms with Gasteiger partial charge in [-0.2, -0.15) is 0 Å². The zero-order valence-corrected chi connectivity index (χ0v) is 9.92. The summed E-state index contributed by atoms with van der Waals surface area (Å²) in [6.45, 7) is 2.94. The van der Waals surface area contributed by atoms with Crippen molar-refractivity contribution in [1.29, 1.82) is 0 Å². The molecule has 1 aliphatic rings. The molecule has 0 saturated carbocycles. The van der Waals surface area contributed by atoms with Gasteiger partial charge in [0, 0.05) is 18.0 Å². The van der Waals surface area contributed by atoms with Gasteiger partial charge in [-0.05, 0) is 18.4 Å². The Morgan fingerprint density at radius 2 is 2.38 bits per heavy atom. The molecule has 5 heteroatoms. The van der Waals surface area contributed by atoms with Crippen molar-refractivity contribution in [3.05, 3.63) is 22.4 Å². The van der Waals surface area contributed by atoms with Crippen LogP contribution >= 0.6 is 11.3 Å². The predicted molar refractivity (Wildman–Crippen MR) is 62.0 cm³/mol. The summed E-state index contributed by atoms with van der Waals surface area (Å²) in [4.78, 5) is 25.7. The number of amides is 2. The van der Waals surface area contributed by atoms with E-state index in [4.69, 9.17) is 0 Å². The number of likely N-dealkylation sites (tertiary alicyclic amines) is 1. The van der Waals surface area contributed by atoms with E-state index in [1.165, 1.54) is 9.78 Å². The summed E-state index contributed by atoms with van der Waals surface area (Å²) in [5.41, 5.74) is 0. The van der Waals surface area contributed by atoms with E-state index in [0.717, 1.165) is 0 Å². The molecule has 2 rings (SSSR count). The smallest absolute Gasteiger partial charge is 0.246 e. The lowest BCUT2D eigenvalue weighted by Crippen LogP contribution is -2.38. The largest absolute Gasteiger partial charge is 0.300 e. The molecule has 0 spiro atoms. The van der Waals surface area contributed by atoms with Crippen LogP contribution in [0.5, 0.6) is 0 Å². The van der Waals surface area contributed by atoms with Crippen molar-refractivity contribution < 1.29 is 9.59 Å². The molecule has 1 N–H and O–H groups in total. The van der Waals surface area contributed by atoms with Crippen molar-refractivity contribution in [2.75, 3.05) is 6.54 Å². The van der Waals surface area contributed by atoms with Crippen molar-refractivity contribution in [2.24, 2.45) is 0 Å². The third-order valence-electron chi connectivity index (χ3n) is 2.66. The Hall–Kier alpha value is -1.20. The van der Waals surface area contributed by atoms with Crippen molar-refractivity contribution in [3.8, 4) is 0 Å². The molecule has 86 valence electrons. The summed E-state index contributed by atoms with van der Waals surface area (Å²) in [5, 5.41) is 5.12. The van der Waals surface area contributed by atoms with E-state index in [9.17, 15) is 9.59 Å². The molecule has 16 heavy (non-hydrogen) atoms. The highest BCUT2D eigenvalue weighted by molar-refractivity contribution is 7.09. The van der Waals surface area contributed by atoms with E-state index in [-0.39, 0.29) is 24.3 Å². The van der Waals surface area contributed by atoms with E-state index in [0.29, 0.717) is 13.1 Å². The monoisotopic (exact) mass is 238 g/mol. The standard InChI is InChI=1S/C11H14N2O2S/c1-2-13-10(14)6-9(11(13)15)12-7-8-4-3-5-16-8/h3-5,9,12H,2,6-7H2,1H3. The number of nitrogens with zero attached hydrogens (tertiary/aromatic N) is 1. The van der Waals surface area contributed by atoms with Gasteiger partial charge >= 0.3 is 0 Å². The second-order valence-electron chi connectivity index (χ2n) is 3.69. The fourth-order valence-corrected chi connectivity index (χ4v) is 2.47. The molecule has 2 amide bonds. The molecule has 1 aromatic rings. The van der Waals surface area contributed by atoms with Crippen LogP contribution in [0.1, 0.15) is 18.2 Å². The highest BCUT2D eigenvalue weighted by atomic mass is 32.1. The number of hydrogen-bond acceptors (Lipinski definition) is 4. The van der Waals surface area contributed by atoms with Gasteiger partial charge in [-0.3, -0.25) is 14.5 Å². The van der Waals surface area contributed by atoms with Crippen LogP contribution in [-0.2, 0) is 16.1 Å². The van der Waals surface area contributed by atoms with Crippen LogP contribution < -0.4 is 5.32 Å². The maximum atomic E-state index is 11.8. The molecule has 0 aromatic carbocycles. The van der Waals surface area contributed by atoms with Gasteiger partial charge in [-0.25, -0.2) is 0 Å². The molecule has 2 heterocycles. The van der Waals surface area contributed by atoms with E-state index in [1.54, 1.807) is 11.3 Å². The maximum Gasteiger partial charge on any atom is 0.246 e. The van der Waals surface area contributed by atoms with Gasteiger partial charge in [0.2, 0.25) is 11.8 Å². The average molecular weight is 238 g/mol. The van der Waals surface area contributed by atoms with Crippen LogP contribution in [-0.4, -0.2) is 29.3 Å². The second kappa shape index (κ2) is 4.76. The third kappa shape index (κ3) is 2.15. The van der Waals surface area contributed by atoms with Gasteiger partial charge in [-0.15, -0.1) is 11.3 Å². The summed E-state index contributed by atoms with van der Waals surface area (Å²) >= 11 is 1.64. The zero-order chi connectivity index (χ0) is 11.5. The van der Waals surface area contributed by atoms with Crippen LogP contribution in [0.2, 0.25) is 0 Å². The lowest BCUT2D eigenvalue weighted by atomic mass is 10.2. The van der Waals surface area contributed by atoms with E-state index in [2.05, 4.69) is 5.32 Å². The number of carbonyl (C=O) groups is 2. The number of rotatable bonds is 4. The van der Waals surface area contributed by atoms with Gasteiger partial charge in [0.1, 0.15) is 0 Å². The number of carbonyl (C=O) groups excluding carboxylic acids is 2. The van der Waals surface area contributed by atoms with Crippen molar-refractivity contribution >= 4 is 23.2 Å². The summed E-state index contributed by atoms with van der Waals surface area (Å²) in [7, 11) is 0. The van der Waals surface area contributed by atoms with Crippen LogP contribution in [0.3, 0.4) is 0 Å². The second-order valence-corrected chi connectivity index (χ2v) is 4.73. The predicted octanol–water partition coefficient (Wildman–Crippen LogP) is 0.985. The summed E-state index contributed by atoms with van der Waals surface area (Å²) in [5.74, 6) is -0.166. The quantitative estimate of drug-likeness (QED) is 0.796. The first-order valence-electron chi connectivity index (χ1n) is 5.32. The fraction of sp³-hybridized carbons (Fsp3) is 0.455. The number of hydrogen-bond donors (Lipinski definition) is 1. The molecule has 4 nitrogen and oxygen atoms in total. The van der Waals surface area contributed by atoms with Crippen LogP contribution in [0.25, 0.3) is 0 Å². The van der Waals surface area contributed by atoms with Crippen molar-refractivity contribution in [2.45, 2.75) is 25.9 Å². The summed E-state index contributed by atoms with van der Waals surface area (Å²) in [6, 6.07) is 3.65. The molecule has 1 fully saturated rings. The Labute approximate surface area is 98.3 Å². The Balaban J connectivity index is 1.92. The van der Waals surface area contributed by atoms with Gasteiger partial charge in [-0.1, -0.05) is 6.07 Å². The van der Waals surface area contributed by atoms with Crippen LogP contribution in [0.15, 0.2) is 17.5 Å². The van der Waals surface area contributed by atoms with Crippen molar-refractivity contribution in [3.63, 3.8) is 0 Å². The van der Waals surface area contributed by atoms with Gasteiger partial charge in [0.25, 0.3) is 0 Å². The fourth-order valence-electron chi connectivity index (χ4n) is 1.81.